The Bertz CT molecular complexity index is 616. The summed E-state index contributed by atoms with van der Waals surface area (Å²) < 4.78 is 6.83. The van der Waals surface area contributed by atoms with Gasteiger partial charge in [0.25, 0.3) is 0 Å². The minimum atomic E-state index is 0.668. The summed E-state index contributed by atoms with van der Waals surface area (Å²) in [6, 6.07) is 12.1. The summed E-state index contributed by atoms with van der Waals surface area (Å²) in [4.78, 5) is 0. The number of rotatable bonds is 6. The molecule has 0 spiro atoms. The summed E-state index contributed by atoms with van der Waals surface area (Å²) >= 11 is 9.75. The van der Waals surface area contributed by atoms with E-state index in [1.165, 1.54) is 0 Å². The SMILES string of the molecule is CCCOc1ccc(Br)cc1CNc1ccc(C)cc1Cl. The van der Waals surface area contributed by atoms with Crippen LogP contribution in [0.3, 0.4) is 0 Å². The van der Waals surface area contributed by atoms with Gasteiger partial charge >= 0.3 is 0 Å². The fraction of sp³-hybridized carbons (Fsp3) is 0.294. The average molecular weight is 369 g/mol. The minimum Gasteiger partial charge on any atom is -0.493 e. The van der Waals surface area contributed by atoms with Gasteiger partial charge < -0.3 is 10.1 Å². The topological polar surface area (TPSA) is 21.3 Å². The molecule has 0 amide bonds. The second-order valence-corrected chi connectivity index (χ2v) is 6.26. The van der Waals surface area contributed by atoms with Crippen molar-refractivity contribution in [1.29, 1.82) is 0 Å². The molecule has 0 bridgehead atoms. The second kappa shape index (κ2) is 7.71. The molecule has 0 heterocycles. The quantitative estimate of drug-likeness (QED) is 0.694. The summed E-state index contributed by atoms with van der Waals surface area (Å²) in [5, 5.41) is 4.10. The van der Waals surface area contributed by atoms with Crippen LogP contribution in [0.5, 0.6) is 5.75 Å². The third-order valence-electron chi connectivity index (χ3n) is 3.08. The van der Waals surface area contributed by atoms with Crippen LogP contribution in [0.4, 0.5) is 5.69 Å². The maximum Gasteiger partial charge on any atom is 0.124 e. The zero-order valence-electron chi connectivity index (χ0n) is 12.2. The zero-order valence-corrected chi connectivity index (χ0v) is 14.6. The molecule has 112 valence electrons. The summed E-state index contributed by atoms with van der Waals surface area (Å²) in [5.41, 5.74) is 3.19. The molecule has 2 rings (SSSR count). The molecule has 2 nitrogen and oxygen atoms in total. The monoisotopic (exact) mass is 367 g/mol. The van der Waals surface area contributed by atoms with Gasteiger partial charge in [0.1, 0.15) is 5.75 Å². The summed E-state index contributed by atoms with van der Waals surface area (Å²) in [7, 11) is 0. The standard InChI is InChI=1S/C17H19BrClNO/c1-3-8-21-17-7-5-14(18)10-13(17)11-20-16-6-4-12(2)9-15(16)19/h4-7,9-10,20H,3,8,11H2,1-2H3. The van der Waals surface area contributed by atoms with Crippen LogP contribution >= 0.6 is 27.5 Å². The molecule has 0 radical (unpaired) electrons. The Hall–Kier alpha value is -1.19. The van der Waals surface area contributed by atoms with Crippen molar-refractivity contribution >= 4 is 33.2 Å². The predicted molar refractivity (Wildman–Crippen MR) is 93.4 cm³/mol. The maximum absolute atomic E-state index is 6.25. The van der Waals surface area contributed by atoms with Gasteiger partial charge in [0, 0.05) is 16.6 Å². The van der Waals surface area contributed by atoms with E-state index in [4.69, 9.17) is 16.3 Å². The van der Waals surface area contributed by atoms with Crippen molar-refractivity contribution in [1.82, 2.24) is 0 Å². The van der Waals surface area contributed by atoms with Gasteiger partial charge in [0.2, 0.25) is 0 Å². The van der Waals surface area contributed by atoms with Crippen molar-refractivity contribution in [2.45, 2.75) is 26.8 Å². The van der Waals surface area contributed by atoms with Gasteiger partial charge in [-0.1, -0.05) is 40.5 Å². The Labute approximate surface area is 139 Å². The lowest BCUT2D eigenvalue weighted by Gasteiger charge is -2.14. The highest BCUT2D eigenvalue weighted by Gasteiger charge is 2.06. The number of hydrogen-bond acceptors (Lipinski definition) is 2. The molecule has 4 heteroatoms. The molecule has 1 N–H and O–H groups in total. The fourth-order valence-corrected chi connectivity index (χ4v) is 2.70. The van der Waals surface area contributed by atoms with Crippen molar-refractivity contribution in [3.05, 3.63) is 57.0 Å². The molecule has 2 aromatic carbocycles. The van der Waals surface area contributed by atoms with Crippen molar-refractivity contribution in [2.75, 3.05) is 11.9 Å². The lowest BCUT2D eigenvalue weighted by atomic mass is 10.2. The molecular weight excluding hydrogens is 350 g/mol. The van der Waals surface area contributed by atoms with Gasteiger partial charge in [-0.25, -0.2) is 0 Å². The molecule has 21 heavy (non-hydrogen) atoms. The Morgan fingerprint density at radius 3 is 2.71 bits per heavy atom. The highest BCUT2D eigenvalue weighted by atomic mass is 79.9. The van der Waals surface area contributed by atoms with Crippen LogP contribution in [0.15, 0.2) is 40.9 Å². The first-order chi connectivity index (χ1) is 10.1. The van der Waals surface area contributed by atoms with Crippen LogP contribution in [0.1, 0.15) is 24.5 Å². The fourth-order valence-electron chi connectivity index (χ4n) is 1.99. The summed E-state index contributed by atoms with van der Waals surface area (Å²) in [5.74, 6) is 0.913. The van der Waals surface area contributed by atoms with Gasteiger partial charge in [-0.15, -0.1) is 0 Å². The number of anilines is 1. The third-order valence-corrected chi connectivity index (χ3v) is 3.88. The third kappa shape index (κ3) is 4.65. The molecule has 2 aromatic rings. The van der Waals surface area contributed by atoms with Crippen molar-refractivity contribution < 1.29 is 4.74 Å². The first-order valence-corrected chi connectivity index (χ1v) is 8.18. The molecule has 0 aliphatic rings. The van der Waals surface area contributed by atoms with Crippen molar-refractivity contribution in [3.63, 3.8) is 0 Å². The van der Waals surface area contributed by atoms with Crippen molar-refractivity contribution in [3.8, 4) is 5.75 Å². The Morgan fingerprint density at radius 1 is 1.19 bits per heavy atom. The number of hydrogen-bond donors (Lipinski definition) is 1. The van der Waals surface area contributed by atoms with Crippen LogP contribution in [-0.2, 0) is 6.54 Å². The van der Waals surface area contributed by atoms with Gasteiger partial charge in [-0.3, -0.25) is 0 Å². The number of benzene rings is 2. The number of ether oxygens (including phenoxy) is 1. The highest BCUT2D eigenvalue weighted by Crippen LogP contribution is 2.27. The summed E-state index contributed by atoms with van der Waals surface area (Å²) in [6.45, 7) is 5.52. The van der Waals surface area contributed by atoms with E-state index in [2.05, 4.69) is 34.2 Å². The van der Waals surface area contributed by atoms with Crippen LogP contribution in [0, 0.1) is 6.92 Å². The largest absolute Gasteiger partial charge is 0.493 e. The molecule has 0 atom stereocenters. The van der Waals surface area contributed by atoms with Crippen LogP contribution in [-0.4, -0.2) is 6.61 Å². The van der Waals surface area contributed by atoms with Gasteiger partial charge in [0.15, 0.2) is 0 Å². The van der Waals surface area contributed by atoms with Gasteiger partial charge in [0.05, 0.1) is 17.3 Å². The van der Waals surface area contributed by atoms with Crippen LogP contribution < -0.4 is 10.1 Å². The predicted octanol–water partition coefficient (Wildman–Crippen LogP) is 5.81. The van der Waals surface area contributed by atoms with E-state index < -0.39 is 0 Å². The van der Waals surface area contributed by atoms with E-state index in [0.717, 1.165) is 45.1 Å². The van der Waals surface area contributed by atoms with E-state index in [9.17, 15) is 0 Å². The highest BCUT2D eigenvalue weighted by molar-refractivity contribution is 9.10. The minimum absolute atomic E-state index is 0.668. The molecule has 0 aromatic heterocycles. The van der Waals surface area contributed by atoms with Crippen LogP contribution in [0.2, 0.25) is 5.02 Å². The van der Waals surface area contributed by atoms with Crippen LogP contribution in [0.25, 0.3) is 0 Å². The Morgan fingerprint density at radius 2 is 2.00 bits per heavy atom. The zero-order chi connectivity index (χ0) is 15.2. The van der Waals surface area contributed by atoms with E-state index in [0.29, 0.717) is 6.54 Å². The second-order valence-electron chi connectivity index (χ2n) is 4.94. The lowest BCUT2D eigenvalue weighted by Crippen LogP contribution is -2.04. The van der Waals surface area contributed by atoms with Gasteiger partial charge in [-0.2, -0.15) is 0 Å². The molecular formula is C17H19BrClNO. The molecule has 0 aliphatic carbocycles. The number of halogens is 2. The lowest BCUT2D eigenvalue weighted by molar-refractivity contribution is 0.314. The number of nitrogens with one attached hydrogen (secondary N) is 1. The first kappa shape index (κ1) is 16.2. The molecule has 0 saturated carbocycles. The van der Waals surface area contributed by atoms with Gasteiger partial charge in [-0.05, 0) is 49.2 Å². The van der Waals surface area contributed by atoms with E-state index in [1.807, 2.05) is 37.3 Å². The van der Waals surface area contributed by atoms with E-state index in [-0.39, 0.29) is 0 Å². The van der Waals surface area contributed by atoms with E-state index >= 15 is 0 Å². The molecule has 0 unspecified atom stereocenters. The Kier molecular flexibility index (Phi) is 5.95. The molecule has 0 aliphatic heterocycles. The molecule has 0 fully saturated rings. The Balaban J connectivity index is 2.12. The van der Waals surface area contributed by atoms with Crippen molar-refractivity contribution in [2.24, 2.45) is 0 Å². The average Bonchev–Trinajstić information content (AvgIpc) is 2.45. The first-order valence-electron chi connectivity index (χ1n) is 7.01. The maximum atomic E-state index is 6.25. The molecule has 0 saturated heterocycles. The van der Waals surface area contributed by atoms with E-state index in [1.54, 1.807) is 0 Å². The normalized spacial score (nSPS) is 10.5. The smallest absolute Gasteiger partial charge is 0.124 e. The summed E-state index contributed by atoms with van der Waals surface area (Å²) in [6.07, 6.45) is 0.993. The number of aryl methyl sites for hydroxylation is 1.